The van der Waals surface area contributed by atoms with E-state index in [1.54, 1.807) is 30.3 Å². The monoisotopic (exact) mass is 442 g/mol. The lowest BCUT2D eigenvalue weighted by atomic mass is 10.1. The second-order valence-corrected chi connectivity index (χ2v) is 7.95. The van der Waals surface area contributed by atoms with Crippen LogP contribution in [0, 0.1) is 10.1 Å². The molecule has 162 valence electrons. The third-order valence-electron chi connectivity index (χ3n) is 4.32. The van der Waals surface area contributed by atoms with E-state index in [4.69, 9.17) is 9.47 Å². The quantitative estimate of drug-likeness (QED) is 0.322. The molecule has 31 heavy (non-hydrogen) atoms. The van der Waals surface area contributed by atoms with Gasteiger partial charge >= 0.3 is 0 Å². The normalized spacial score (nSPS) is 15.1. The van der Waals surface area contributed by atoms with Gasteiger partial charge in [-0.3, -0.25) is 24.6 Å². The number of carbonyl (C=O) groups excluding carboxylic acids is 2. The third-order valence-corrected chi connectivity index (χ3v) is 5.23. The molecule has 9 heteroatoms. The summed E-state index contributed by atoms with van der Waals surface area (Å²) in [5, 5.41) is 10.7. The molecule has 1 aliphatic heterocycles. The fourth-order valence-electron chi connectivity index (χ4n) is 3.01. The number of hydrogen-bond donors (Lipinski definition) is 0. The zero-order chi connectivity index (χ0) is 22.5. The second-order valence-electron chi connectivity index (χ2n) is 6.96. The molecule has 0 saturated carbocycles. The Bertz CT molecular complexity index is 1050. The van der Waals surface area contributed by atoms with Gasteiger partial charge < -0.3 is 9.47 Å². The maximum absolute atomic E-state index is 12.8. The summed E-state index contributed by atoms with van der Waals surface area (Å²) in [5.74, 6) is 0.649. The summed E-state index contributed by atoms with van der Waals surface area (Å²) < 4.78 is 11.4. The van der Waals surface area contributed by atoms with Crippen LogP contribution in [0.15, 0.2) is 47.4 Å². The van der Waals surface area contributed by atoms with Gasteiger partial charge in [0.2, 0.25) is 0 Å². The molecule has 1 saturated heterocycles. The van der Waals surface area contributed by atoms with Crippen LogP contribution < -0.4 is 9.47 Å². The van der Waals surface area contributed by atoms with Crippen molar-refractivity contribution in [3.63, 3.8) is 0 Å². The van der Waals surface area contributed by atoms with E-state index in [2.05, 4.69) is 0 Å². The molecule has 2 amide bonds. The molecule has 0 atom stereocenters. The van der Waals surface area contributed by atoms with Crippen LogP contribution in [-0.4, -0.2) is 33.7 Å². The fraction of sp³-hybridized carbons (Fsp3) is 0.273. The number of nitro groups is 1. The van der Waals surface area contributed by atoms with Crippen molar-refractivity contribution in [2.24, 2.45) is 0 Å². The highest BCUT2D eigenvalue weighted by Crippen LogP contribution is 2.36. The number of imide groups is 1. The van der Waals surface area contributed by atoms with Crippen molar-refractivity contribution in [3.05, 3.63) is 68.6 Å². The van der Waals surface area contributed by atoms with Gasteiger partial charge in [0.25, 0.3) is 16.8 Å². The molecule has 2 aromatic rings. The van der Waals surface area contributed by atoms with E-state index in [9.17, 15) is 19.7 Å². The van der Waals surface area contributed by atoms with Crippen LogP contribution in [0.1, 0.15) is 31.9 Å². The van der Waals surface area contributed by atoms with Gasteiger partial charge in [-0.05, 0) is 56.3 Å². The number of ether oxygens (including phenoxy) is 2. The van der Waals surface area contributed by atoms with Crippen LogP contribution in [0.3, 0.4) is 0 Å². The largest absolute Gasteiger partial charge is 0.490 e. The summed E-state index contributed by atoms with van der Waals surface area (Å²) in [5.41, 5.74) is 0.841. The SMILES string of the molecule is CCOc1cc(/C=C2/SC(=O)N(Cc3ccccc3[N+](=O)[O-])C2=O)ccc1OC(C)C. The molecule has 0 unspecified atom stereocenters. The molecule has 0 radical (unpaired) electrons. The Hall–Kier alpha value is -3.33. The highest BCUT2D eigenvalue weighted by Gasteiger charge is 2.36. The summed E-state index contributed by atoms with van der Waals surface area (Å²) in [6.45, 7) is 5.97. The number of rotatable bonds is 8. The molecule has 0 bridgehead atoms. The Labute approximate surface area is 184 Å². The second kappa shape index (κ2) is 9.65. The number of nitrogens with zero attached hydrogens (tertiary/aromatic N) is 2. The molecule has 0 spiro atoms. The van der Waals surface area contributed by atoms with Gasteiger partial charge in [0, 0.05) is 11.6 Å². The number of benzene rings is 2. The molecule has 1 fully saturated rings. The molecule has 3 rings (SSSR count). The van der Waals surface area contributed by atoms with Gasteiger partial charge in [0.15, 0.2) is 11.5 Å². The van der Waals surface area contributed by atoms with E-state index in [0.717, 1.165) is 16.7 Å². The maximum atomic E-state index is 12.8. The first-order chi connectivity index (χ1) is 14.8. The van der Waals surface area contributed by atoms with Crippen molar-refractivity contribution < 1.29 is 24.0 Å². The molecular formula is C22H22N2O6S. The Morgan fingerprint density at radius 3 is 2.58 bits per heavy atom. The van der Waals surface area contributed by atoms with Crippen LogP contribution in [-0.2, 0) is 11.3 Å². The van der Waals surface area contributed by atoms with Crippen LogP contribution in [0.2, 0.25) is 0 Å². The number of thioether (sulfide) groups is 1. The van der Waals surface area contributed by atoms with E-state index < -0.39 is 16.1 Å². The Balaban J connectivity index is 1.85. The number of nitro benzene ring substituents is 1. The van der Waals surface area contributed by atoms with Gasteiger partial charge in [0.1, 0.15) is 0 Å². The molecular weight excluding hydrogens is 420 g/mol. The summed E-state index contributed by atoms with van der Waals surface area (Å²) in [7, 11) is 0. The lowest BCUT2D eigenvalue weighted by molar-refractivity contribution is -0.385. The highest BCUT2D eigenvalue weighted by atomic mass is 32.2. The van der Waals surface area contributed by atoms with Crippen molar-refractivity contribution in [2.75, 3.05) is 6.61 Å². The molecule has 2 aromatic carbocycles. The number of hydrogen-bond acceptors (Lipinski definition) is 7. The van der Waals surface area contributed by atoms with Crippen molar-refractivity contribution in [2.45, 2.75) is 33.4 Å². The van der Waals surface area contributed by atoms with Gasteiger partial charge in [0.05, 0.1) is 29.1 Å². The van der Waals surface area contributed by atoms with Gasteiger partial charge in [-0.15, -0.1) is 0 Å². The van der Waals surface area contributed by atoms with E-state index in [0.29, 0.717) is 29.2 Å². The lowest BCUT2D eigenvalue weighted by Crippen LogP contribution is -2.27. The van der Waals surface area contributed by atoms with Gasteiger partial charge in [-0.25, -0.2) is 0 Å². The Morgan fingerprint density at radius 1 is 1.16 bits per heavy atom. The fourth-order valence-corrected chi connectivity index (χ4v) is 3.85. The van der Waals surface area contributed by atoms with Crippen molar-refractivity contribution in [1.29, 1.82) is 0 Å². The average Bonchev–Trinajstić information content (AvgIpc) is 2.97. The summed E-state index contributed by atoms with van der Waals surface area (Å²) in [4.78, 5) is 37.2. The lowest BCUT2D eigenvalue weighted by Gasteiger charge is -2.15. The minimum Gasteiger partial charge on any atom is -0.490 e. The van der Waals surface area contributed by atoms with Crippen molar-refractivity contribution in [1.82, 2.24) is 4.90 Å². The van der Waals surface area contributed by atoms with Crippen LogP contribution >= 0.6 is 11.8 Å². The first kappa shape index (κ1) is 22.4. The molecule has 8 nitrogen and oxygen atoms in total. The molecule has 0 aliphatic carbocycles. The molecule has 0 aromatic heterocycles. The number of para-hydroxylation sites is 1. The standard InChI is InChI=1S/C22H22N2O6S/c1-4-29-19-11-15(9-10-18(19)30-14(2)3)12-20-21(25)23(22(26)31-20)13-16-7-5-6-8-17(16)24(27)28/h5-12,14H,4,13H2,1-3H3/b20-12+. The molecule has 1 heterocycles. The first-order valence-corrected chi connectivity index (χ1v) is 10.5. The Morgan fingerprint density at radius 2 is 1.90 bits per heavy atom. The van der Waals surface area contributed by atoms with Gasteiger partial charge in [-0.1, -0.05) is 24.3 Å². The average molecular weight is 442 g/mol. The van der Waals surface area contributed by atoms with Crippen molar-refractivity contribution >= 4 is 34.7 Å². The van der Waals surface area contributed by atoms with Gasteiger partial charge in [-0.2, -0.15) is 0 Å². The van der Waals surface area contributed by atoms with Crippen LogP contribution in [0.25, 0.3) is 6.08 Å². The smallest absolute Gasteiger partial charge is 0.293 e. The predicted octanol–water partition coefficient (Wildman–Crippen LogP) is 5.02. The van der Waals surface area contributed by atoms with E-state index in [1.165, 1.54) is 18.2 Å². The first-order valence-electron chi connectivity index (χ1n) is 9.71. The van der Waals surface area contributed by atoms with E-state index in [1.807, 2.05) is 20.8 Å². The summed E-state index contributed by atoms with van der Waals surface area (Å²) in [6, 6.07) is 11.3. The van der Waals surface area contributed by atoms with Crippen molar-refractivity contribution in [3.8, 4) is 11.5 Å². The zero-order valence-corrected chi connectivity index (χ0v) is 18.2. The predicted molar refractivity (Wildman–Crippen MR) is 118 cm³/mol. The molecule has 0 N–H and O–H groups in total. The zero-order valence-electron chi connectivity index (χ0n) is 17.4. The number of carbonyl (C=O) groups is 2. The Kier molecular flexibility index (Phi) is 6.96. The third kappa shape index (κ3) is 5.24. The summed E-state index contributed by atoms with van der Waals surface area (Å²) >= 11 is 0.801. The van der Waals surface area contributed by atoms with Crippen LogP contribution in [0.4, 0.5) is 10.5 Å². The highest BCUT2D eigenvalue weighted by molar-refractivity contribution is 8.18. The van der Waals surface area contributed by atoms with E-state index in [-0.39, 0.29) is 23.2 Å². The van der Waals surface area contributed by atoms with Crippen LogP contribution in [0.5, 0.6) is 11.5 Å². The minimum absolute atomic E-state index is 0.0244. The molecule has 1 aliphatic rings. The topological polar surface area (TPSA) is 99.0 Å². The van der Waals surface area contributed by atoms with E-state index >= 15 is 0 Å². The summed E-state index contributed by atoms with van der Waals surface area (Å²) in [6.07, 6.45) is 1.58. The maximum Gasteiger partial charge on any atom is 0.293 e. The minimum atomic E-state index is -0.527. The number of amides is 2.